The zero-order valence-corrected chi connectivity index (χ0v) is 17.3. The lowest BCUT2D eigenvalue weighted by atomic mass is 9.65. The predicted octanol–water partition coefficient (Wildman–Crippen LogP) is 4.78. The Labute approximate surface area is 168 Å². The smallest absolute Gasteiger partial charge is 0.102 e. The molecule has 1 unspecified atom stereocenters. The van der Waals surface area contributed by atoms with Crippen LogP contribution in [0.4, 0.5) is 0 Å². The largest absolute Gasteiger partial charge is 0.384 e. The molecule has 0 amide bonds. The highest BCUT2D eigenvalue weighted by Crippen LogP contribution is 2.46. The number of hydrogen-bond donors (Lipinski definition) is 0. The van der Waals surface area contributed by atoms with Crippen molar-refractivity contribution < 1.29 is 4.74 Å². The number of aromatic nitrogens is 1. The summed E-state index contributed by atoms with van der Waals surface area (Å²) < 4.78 is 5.60. The summed E-state index contributed by atoms with van der Waals surface area (Å²) in [6.07, 6.45) is 14.3. The summed E-state index contributed by atoms with van der Waals surface area (Å²) in [6, 6.07) is 2.58. The standard InChI is InChI=1S/C24H31N3O/c1-17-9-12-26-15-18(13-17)22-19-7-4-3-5-8-21(19)27-23(20(22)14-25)24(16-28-2)10-6-11-24/h13,15,17H,3-12,16H2,1-2H3. The lowest BCUT2D eigenvalue weighted by molar-refractivity contribution is 0.0760. The van der Waals surface area contributed by atoms with Gasteiger partial charge in [-0.3, -0.25) is 9.98 Å². The molecule has 0 spiro atoms. The molecular weight excluding hydrogens is 346 g/mol. The third kappa shape index (κ3) is 3.42. The first-order chi connectivity index (χ1) is 13.7. The molecule has 0 bridgehead atoms. The number of nitrogens with zero attached hydrogens (tertiary/aromatic N) is 3. The number of fused-ring (bicyclic) bond motifs is 1. The number of methoxy groups -OCH3 is 1. The van der Waals surface area contributed by atoms with Crippen LogP contribution in [0.1, 0.15) is 79.9 Å². The van der Waals surface area contributed by atoms with Crippen molar-refractivity contribution in [2.75, 3.05) is 20.3 Å². The molecule has 4 nitrogen and oxygen atoms in total. The predicted molar refractivity (Wildman–Crippen MR) is 113 cm³/mol. The van der Waals surface area contributed by atoms with Crippen LogP contribution in [0.2, 0.25) is 0 Å². The molecule has 1 aromatic rings. The molecule has 0 saturated heterocycles. The molecule has 148 valence electrons. The first-order valence-electron chi connectivity index (χ1n) is 10.9. The van der Waals surface area contributed by atoms with Gasteiger partial charge in [0.2, 0.25) is 0 Å². The molecule has 1 fully saturated rings. The number of nitriles is 1. The van der Waals surface area contributed by atoms with Gasteiger partial charge in [-0.2, -0.15) is 5.26 Å². The summed E-state index contributed by atoms with van der Waals surface area (Å²) in [4.78, 5) is 9.82. The maximum Gasteiger partial charge on any atom is 0.102 e. The Morgan fingerprint density at radius 1 is 1.21 bits per heavy atom. The van der Waals surface area contributed by atoms with Gasteiger partial charge in [-0.05, 0) is 62.0 Å². The van der Waals surface area contributed by atoms with Crippen LogP contribution >= 0.6 is 0 Å². The maximum absolute atomic E-state index is 10.3. The minimum atomic E-state index is -0.0933. The molecule has 1 aromatic heterocycles. The van der Waals surface area contributed by atoms with E-state index in [0.29, 0.717) is 12.5 Å². The number of rotatable bonds is 4. The van der Waals surface area contributed by atoms with Gasteiger partial charge in [0.15, 0.2) is 0 Å². The van der Waals surface area contributed by atoms with E-state index < -0.39 is 0 Å². The number of allylic oxidation sites excluding steroid dienone is 2. The van der Waals surface area contributed by atoms with Gasteiger partial charge in [0.1, 0.15) is 6.07 Å². The fourth-order valence-corrected chi connectivity index (χ4v) is 5.08. The van der Waals surface area contributed by atoms with E-state index in [1.807, 2.05) is 6.21 Å². The van der Waals surface area contributed by atoms with Gasteiger partial charge in [0.05, 0.1) is 17.9 Å². The lowest BCUT2D eigenvalue weighted by Crippen LogP contribution is -2.41. The van der Waals surface area contributed by atoms with Crippen molar-refractivity contribution in [2.24, 2.45) is 10.9 Å². The van der Waals surface area contributed by atoms with Crippen molar-refractivity contribution in [3.63, 3.8) is 0 Å². The van der Waals surface area contributed by atoms with Gasteiger partial charge in [0.25, 0.3) is 0 Å². The molecule has 1 saturated carbocycles. The van der Waals surface area contributed by atoms with Gasteiger partial charge in [-0.25, -0.2) is 0 Å². The summed E-state index contributed by atoms with van der Waals surface area (Å²) in [5, 5.41) is 10.3. The highest BCUT2D eigenvalue weighted by Gasteiger charge is 2.43. The van der Waals surface area contributed by atoms with E-state index in [9.17, 15) is 5.26 Å². The minimum absolute atomic E-state index is 0.0933. The lowest BCUT2D eigenvalue weighted by Gasteiger charge is -2.42. The number of aryl methyl sites for hydroxylation is 1. The summed E-state index contributed by atoms with van der Waals surface area (Å²) in [6.45, 7) is 3.76. The number of aliphatic imine (C=N–C) groups is 1. The molecule has 0 radical (unpaired) electrons. The SMILES string of the molecule is COCC1(c2nc3c(c(C4=CC(C)CCN=C4)c2C#N)CCCCC3)CCC1. The van der Waals surface area contributed by atoms with E-state index in [0.717, 1.165) is 61.0 Å². The van der Waals surface area contributed by atoms with Crippen molar-refractivity contribution in [1.29, 1.82) is 5.26 Å². The van der Waals surface area contributed by atoms with Crippen LogP contribution in [0.25, 0.3) is 5.57 Å². The second kappa shape index (κ2) is 8.17. The van der Waals surface area contributed by atoms with Crippen LogP contribution in [0, 0.1) is 17.2 Å². The van der Waals surface area contributed by atoms with Crippen molar-refractivity contribution in [2.45, 2.75) is 70.1 Å². The van der Waals surface area contributed by atoms with Crippen molar-refractivity contribution in [3.8, 4) is 6.07 Å². The van der Waals surface area contributed by atoms with Crippen LogP contribution in [0.3, 0.4) is 0 Å². The molecular formula is C24H31N3O. The second-order valence-electron chi connectivity index (χ2n) is 8.80. The molecule has 1 atom stereocenters. The van der Waals surface area contributed by atoms with E-state index in [2.05, 4.69) is 24.1 Å². The van der Waals surface area contributed by atoms with Crippen LogP contribution in [-0.2, 0) is 23.0 Å². The van der Waals surface area contributed by atoms with Gasteiger partial charge in [-0.15, -0.1) is 0 Å². The summed E-state index contributed by atoms with van der Waals surface area (Å²) in [5.41, 5.74) is 6.46. The van der Waals surface area contributed by atoms with E-state index >= 15 is 0 Å². The Bertz CT molecular complexity index is 842. The fourth-order valence-electron chi connectivity index (χ4n) is 5.08. The van der Waals surface area contributed by atoms with Crippen LogP contribution in [0.15, 0.2) is 11.1 Å². The number of hydrogen-bond acceptors (Lipinski definition) is 4. The Morgan fingerprint density at radius 2 is 2.04 bits per heavy atom. The minimum Gasteiger partial charge on any atom is -0.384 e. The quantitative estimate of drug-likeness (QED) is 0.709. The van der Waals surface area contributed by atoms with Crippen molar-refractivity contribution >= 4 is 11.8 Å². The van der Waals surface area contributed by atoms with Crippen molar-refractivity contribution in [3.05, 3.63) is 34.2 Å². The fraction of sp³-hybridized carbons (Fsp3) is 0.625. The normalized spacial score (nSPS) is 23.6. The third-order valence-corrected chi connectivity index (χ3v) is 6.77. The van der Waals surface area contributed by atoms with E-state index in [4.69, 9.17) is 9.72 Å². The van der Waals surface area contributed by atoms with E-state index in [1.54, 1.807) is 7.11 Å². The van der Waals surface area contributed by atoms with Crippen LogP contribution in [-0.4, -0.2) is 31.5 Å². The van der Waals surface area contributed by atoms with Crippen molar-refractivity contribution in [1.82, 2.24) is 4.98 Å². The third-order valence-electron chi connectivity index (χ3n) is 6.77. The molecule has 28 heavy (non-hydrogen) atoms. The molecule has 4 rings (SSSR count). The second-order valence-corrected chi connectivity index (χ2v) is 8.80. The molecule has 4 heteroatoms. The summed E-state index contributed by atoms with van der Waals surface area (Å²) >= 11 is 0. The first-order valence-corrected chi connectivity index (χ1v) is 10.9. The zero-order chi connectivity index (χ0) is 19.6. The van der Waals surface area contributed by atoms with E-state index in [-0.39, 0.29) is 5.41 Å². The molecule has 1 aliphatic heterocycles. The Kier molecular flexibility index (Phi) is 5.64. The highest BCUT2D eigenvalue weighted by atomic mass is 16.5. The monoisotopic (exact) mass is 377 g/mol. The molecule has 3 aliphatic rings. The Balaban J connectivity index is 1.97. The highest BCUT2D eigenvalue weighted by molar-refractivity contribution is 6.11. The zero-order valence-electron chi connectivity index (χ0n) is 17.3. The summed E-state index contributed by atoms with van der Waals surface area (Å²) in [5.74, 6) is 0.471. The number of ether oxygens (including phenoxy) is 1. The maximum atomic E-state index is 10.3. The summed E-state index contributed by atoms with van der Waals surface area (Å²) in [7, 11) is 1.76. The average molecular weight is 378 g/mol. The molecule has 2 heterocycles. The molecule has 0 N–H and O–H groups in total. The molecule has 2 aliphatic carbocycles. The Morgan fingerprint density at radius 3 is 2.75 bits per heavy atom. The van der Waals surface area contributed by atoms with Gasteiger partial charge >= 0.3 is 0 Å². The van der Waals surface area contributed by atoms with Gasteiger partial charge < -0.3 is 4.74 Å². The first kappa shape index (κ1) is 19.3. The van der Waals surface area contributed by atoms with Crippen LogP contribution in [0.5, 0.6) is 0 Å². The van der Waals surface area contributed by atoms with E-state index in [1.165, 1.54) is 36.9 Å². The number of pyridine rings is 1. The van der Waals surface area contributed by atoms with Gasteiger partial charge in [0, 0.05) is 36.5 Å². The molecule has 0 aromatic carbocycles. The van der Waals surface area contributed by atoms with Gasteiger partial charge in [-0.1, -0.05) is 25.8 Å². The van der Waals surface area contributed by atoms with Crippen LogP contribution < -0.4 is 0 Å². The topological polar surface area (TPSA) is 58.3 Å². The Hall–Kier alpha value is -1.99. The average Bonchev–Trinajstić information content (AvgIpc) is 3.03.